The number of hydrogen-bond donors (Lipinski definition) is 0. The molecule has 90 valence electrons. The lowest BCUT2D eigenvalue weighted by Gasteiger charge is -2.55. The quantitative estimate of drug-likeness (QED) is 0.620. The van der Waals surface area contributed by atoms with Crippen molar-refractivity contribution in [3.63, 3.8) is 0 Å². The SMILES string of the molecule is O=[N+]([O-])c1cc(Br)ccc1N1CC2(COC2)C1. The second kappa shape index (κ2) is 3.68. The summed E-state index contributed by atoms with van der Waals surface area (Å²) in [5, 5.41) is 11.0. The van der Waals surface area contributed by atoms with Crippen molar-refractivity contribution in [2.24, 2.45) is 5.41 Å². The predicted octanol–water partition coefficient (Wildman–Crippen LogP) is 2.19. The highest BCUT2D eigenvalue weighted by Crippen LogP contribution is 2.43. The lowest BCUT2D eigenvalue weighted by molar-refractivity contribution is -0.384. The van der Waals surface area contributed by atoms with Crippen LogP contribution in [-0.2, 0) is 4.74 Å². The van der Waals surface area contributed by atoms with Gasteiger partial charge in [-0.15, -0.1) is 0 Å². The first-order valence-electron chi connectivity index (χ1n) is 5.36. The third-order valence-electron chi connectivity index (χ3n) is 3.34. The Kier molecular flexibility index (Phi) is 2.38. The molecule has 0 saturated carbocycles. The van der Waals surface area contributed by atoms with Gasteiger partial charge in [-0.1, -0.05) is 15.9 Å². The summed E-state index contributed by atoms with van der Waals surface area (Å²) in [6.07, 6.45) is 0. The lowest BCUT2D eigenvalue weighted by atomic mass is 9.77. The normalized spacial score (nSPS) is 20.9. The van der Waals surface area contributed by atoms with Gasteiger partial charge >= 0.3 is 0 Å². The molecule has 5 nitrogen and oxygen atoms in total. The molecule has 17 heavy (non-hydrogen) atoms. The van der Waals surface area contributed by atoms with Crippen LogP contribution in [0.25, 0.3) is 0 Å². The summed E-state index contributed by atoms with van der Waals surface area (Å²) >= 11 is 3.26. The van der Waals surface area contributed by atoms with Crippen LogP contribution >= 0.6 is 15.9 Å². The van der Waals surface area contributed by atoms with E-state index in [2.05, 4.69) is 15.9 Å². The van der Waals surface area contributed by atoms with Crippen molar-refractivity contribution in [1.82, 2.24) is 0 Å². The Hall–Kier alpha value is -1.14. The molecule has 2 fully saturated rings. The van der Waals surface area contributed by atoms with Crippen molar-refractivity contribution in [2.45, 2.75) is 0 Å². The Morgan fingerprint density at radius 1 is 1.41 bits per heavy atom. The zero-order valence-electron chi connectivity index (χ0n) is 9.06. The molecule has 0 aromatic heterocycles. The fraction of sp³-hybridized carbons (Fsp3) is 0.455. The Bertz CT molecular complexity index is 480. The molecule has 0 bridgehead atoms. The number of nitro groups is 1. The van der Waals surface area contributed by atoms with E-state index in [1.165, 1.54) is 0 Å². The molecule has 6 heteroatoms. The molecule has 2 aliphatic rings. The molecule has 2 saturated heterocycles. The Morgan fingerprint density at radius 3 is 2.65 bits per heavy atom. The number of nitro benzene ring substituents is 1. The highest BCUT2D eigenvalue weighted by atomic mass is 79.9. The molecule has 1 aromatic rings. The van der Waals surface area contributed by atoms with E-state index in [4.69, 9.17) is 4.74 Å². The van der Waals surface area contributed by atoms with Crippen LogP contribution in [0.4, 0.5) is 11.4 Å². The molecule has 0 N–H and O–H groups in total. The summed E-state index contributed by atoms with van der Waals surface area (Å²) < 4.78 is 5.92. The van der Waals surface area contributed by atoms with E-state index < -0.39 is 0 Å². The summed E-state index contributed by atoms with van der Waals surface area (Å²) in [4.78, 5) is 12.7. The number of halogens is 1. The fourth-order valence-electron chi connectivity index (χ4n) is 2.42. The predicted molar refractivity (Wildman–Crippen MR) is 66.3 cm³/mol. The van der Waals surface area contributed by atoms with Crippen molar-refractivity contribution >= 4 is 27.3 Å². The van der Waals surface area contributed by atoms with Gasteiger partial charge in [0, 0.05) is 23.6 Å². The molecule has 0 radical (unpaired) electrons. The molecule has 2 heterocycles. The van der Waals surface area contributed by atoms with Gasteiger partial charge in [-0.3, -0.25) is 10.1 Å². The van der Waals surface area contributed by atoms with Gasteiger partial charge in [-0.05, 0) is 12.1 Å². The maximum Gasteiger partial charge on any atom is 0.293 e. The number of hydrogen-bond acceptors (Lipinski definition) is 4. The molecule has 0 atom stereocenters. The van der Waals surface area contributed by atoms with E-state index >= 15 is 0 Å². The van der Waals surface area contributed by atoms with Gasteiger partial charge in [0.2, 0.25) is 0 Å². The highest BCUT2D eigenvalue weighted by Gasteiger charge is 2.50. The first-order chi connectivity index (χ1) is 8.10. The van der Waals surface area contributed by atoms with Crippen molar-refractivity contribution in [2.75, 3.05) is 31.2 Å². The molecule has 0 amide bonds. The summed E-state index contributed by atoms with van der Waals surface area (Å²) in [5.74, 6) is 0. The Morgan fingerprint density at radius 2 is 2.12 bits per heavy atom. The van der Waals surface area contributed by atoms with Gasteiger partial charge in [0.1, 0.15) is 5.69 Å². The largest absolute Gasteiger partial charge is 0.380 e. The zero-order chi connectivity index (χ0) is 12.0. The van der Waals surface area contributed by atoms with Gasteiger partial charge < -0.3 is 9.64 Å². The van der Waals surface area contributed by atoms with Crippen molar-refractivity contribution in [1.29, 1.82) is 0 Å². The summed E-state index contributed by atoms with van der Waals surface area (Å²) in [7, 11) is 0. The van der Waals surface area contributed by atoms with Crippen LogP contribution in [0.1, 0.15) is 0 Å². The van der Waals surface area contributed by atoms with Gasteiger partial charge in [0.15, 0.2) is 0 Å². The maximum atomic E-state index is 11.0. The van der Waals surface area contributed by atoms with Gasteiger partial charge in [0.25, 0.3) is 5.69 Å². The highest BCUT2D eigenvalue weighted by molar-refractivity contribution is 9.10. The molecular formula is C11H11BrN2O3. The van der Waals surface area contributed by atoms with Crippen molar-refractivity contribution < 1.29 is 9.66 Å². The van der Waals surface area contributed by atoms with Crippen molar-refractivity contribution in [3.8, 4) is 0 Å². The topological polar surface area (TPSA) is 55.6 Å². The van der Waals surface area contributed by atoms with E-state index in [0.29, 0.717) is 5.69 Å². The molecular weight excluding hydrogens is 288 g/mol. The molecule has 0 aliphatic carbocycles. The van der Waals surface area contributed by atoms with Gasteiger partial charge in [-0.2, -0.15) is 0 Å². The van der Waals surface area contributed by atoms with Gasteiger partial charge in [-0.25, -0.2) is 0 Å². The third-order valence-corrected chi connectivity index (χ3v) is 3.84. The molecule has 1 aromatic carbocycles. The van der Waals surface area contributed by atoms with Crippen LogP contribution in [0.15, 0.2) is 22.7 Å². The van der Waals surface area contributed by atoms with Gasteiger partial charge in [0.05, 0.1) is 23.6 Å². The minimum atomic E-state index is -0.331. The maximum absolute atomic E-state index is 11.0. The van der Waals surface area contributed by atoms with Crippen LogP contribution in [0.3, 0.4) is 0 Å². The first-order valence-corrected chi connectivity index (χ1v) is 6.16. The van der Waals surface area contributed by atoms with E-state index in [-0.39, 0.29) is 16.0 Å². The Balaban J connectivity index is 1.85. The fourth-order valence-corrected chi connectivity index (χ4v) is 2.77. The lowest BCUT2D eigenvalue weighted by Crippen LogP contribution is -2.66. The minimum absolute atomic E-state index is 0.162. The second-order valence-electron chi connectivity index (χ2n) is 4.74. The molecule has 2 aliphatic heterocycles. The summed E-state index contributed by atoms with van der Waals surface area (Å²) in [6.45, 7) is 3.28. The number of ether oxygens (including phenoxy) is 1. The minimum Gasteiger partial charge on any atom is -0.380 e. The van der Waals surface area contributed by atoms with E-state index in [1.807, 2.05) is 11.0 Å². The molecule has 3 rings (SSSR count). The van der Waals surface area contributed by atoms with E-state index in [9.17, 15) is 10.1 Å². The van der Waals surface area contributed by atoms with E-state index in [1.54, 1.807) is 12.1 Å². The molecule has 1 spiro atoms. The third kappa shape index (κ3) is 1.71. The monoisotopic (exact) mass is 298 g/mol. The van der Waals surface area contributed by atoms with Crippen molar-refractivity contribution in [3.05, 3.63) is 32.8 Å². The standard InChI is InChI=1S/C11H11BrN2O3/c12-8-1-2-9(10(3-8)14(15)16)13-4-11(5-13)6-17-7-11/h1-3H,4-7H2. The van der Waals surface area contributed by atoms with Crippen LogP contribution in [-0.4, -0.2) is 31.2 Å². The smallest absolute Gasteiger partial charge is 0.293 e. The average Bonchev–Trinajstić information content (AvgIpc) is 2.15. The second-order valence-corrected chi connectivity index (χ2v) is 5.65. The number of nitrogens with zero attached hydrogens (tertiary/aromatic N) is 2. The van der Waals surface area contributed by atoms with E-state index in [0.717, 1.165) is 30.8 Å². The van der Waals surface area contributed by atoms with Crippen LogP contribution in [0, 0.1) is 15.5 Å². The summed E-state index contributed by atoms with van der Waals surface area (Å²) in [6, 6.07) is 5.19. The molecule has 0 unspecified atom stereocenters. The van der Waals surface area contributed by atoms with Crippen LogP contribution < -0.4 is 4.90 Å². The van der Waals surface area contributed by atoms with Crippen LogP contribution in [0.2, 0.25) is 0 Å². The zero-order valence-corrected chi connectivity index (χ0v) is 10.6. The Labute approximate surface area is 107 Å². The summed E-state index contributed by atoms with van der Waals surface area (Å²) in [5.41, 5.74) is 1.13. The van der Waals surface area contributed by atoms with Crippen LogP contribution in [0.5, 0.6) is 0 Å². The number of anilines is 1. The first kappa shape index (κ1) is 11.0. The number of rotatable bonds is 2. The number of benzene rings is 1. The average molecular weight is 299 g/mol.